The minimum absolute atomic E-state index is 0.230. The van der Waals surface area contributed by atoms with Gasteiger partial charge in [-0.3, -0.25) is 0 Å². The van der Waals surface area contributed by atoms with E-state index in [0.29, 0.717) is 0 Å². The van der Waals surface area contributed by atoms with Crippen LogP contribution in [0.5, 0.6) is 5.75 Å². The van der Waals surface area contributed by atoms with Gasteiger partial charge in [0.2, 0.25) is 0 Å². The average Bonchev–Trinajstić information content (AvgIpc) is 3.06. The molecule has 1 N–H and O–H groups in total. The van der Waals surface area contributed by atoms with Gasteiger partial charge in [-0.1, -0.05) is 48.6 Å². The monoisotopic (exact) mass is 299 g/mol. The number of allylic oxidation sites excluding steroid dienone is 2. The molecule has 0 radical (unpaired) electrons. The van der Waals surface area contributed by atoms with Gasteiger partial charge in [0.1, 0.15) is 11.2 Å². The summed E-state index contributed by atoms with van der Waals surface area (Å²) in [5, 5.41) is 10.2. The SMILES string of the molecule is CNCC[C@H](Oc1cccc2ccccc12)[SH]1C=CC=C1. The summed E-state index contributed by atoms with van der Waals surface area (Å²) in [5.41, 5.74) is 0.230. The predicted molar refractivity (Wildman–Crippen MR) is 94.2 cm³/mol. The molecule has 0 bridgehead atoms. The number of rotatable bonds is 6. The smallest absolute Gasteiger partial charge is 0.134 e. The molecule has 1 atom stereocenters. The van der Waals surface area contributed by atoms with E-state index in [-0.39, 0.29) is 16.3 Å². The molecule has 2 aromatic carbocycles. The van der Waals surface area contributed by atoms with Gasteiger partial charge in [-0.25, -0.2) is 0 Å². The normalized spacial score (nSPS) is 16.5. The maximum Gasteiger partial charge on any atom is 0.134 e. The first-order valence-corrected chi connectivity index (χ1v) is 8.85. The number of thiol groups is 1. The standard InChI is InChI=1S/C18H21NOS/c1-19-12-11-18(21-13-4-5-14-21)20-17-10-6-8-15-7-2-3-9-16(15)17/h2-10,13-14,18-19,21H,11-12H2,1H3/t18-/m1/s1. The van der Waals surface area contributed by atoms with E-state index in [2.05, 4.69) is 70.7 Å². The van der Waals surface area contributed by atoms with Crippen molar-refractivity contribution >= 4 is 21.7 Å². The highest BCUT2D eigenvalue weighted by molar-refractivity contribution is 8.22. The Bertz CT molecular complexity index is 648. The highest BCUT2D eigenvalue weighted by Crippen LogP contribution is 2.41. The Kier molecular flexibility index (Phi) is 4.63. The van der Waals surface area contributed by atoms with E-state index in [0.717, 1.165) is 18.7 Å². The zero-order chi connectivity index (χ0) is 14.5. The van der Waals surface area contributed by atoms with Crippen molar-refractivity contribution in [1.29, 1.82) is 0 Å². The lowest BCUT2D eigenvalue weighted by atomic mass is 10.1. The van der Waals surface area contributed by atoms with Gasteiger partial charge in [-0.05, 0) is 35.9 Å². The van der Waals surface area contributed by atoms with Crippen LogP contribution in [0.2, 0.25) is 0 Å². The van der Waals surface area contributed by atoms with Crippen LogP contribution >= 0.6 is 10.9 Å². The number of benzene rings is 2. The van der Waals surface area contributed by atoms with Gasteiger partial charge >= 0.3 is 0 Å². The molecule has 0 aliphatic carbocycles. The van der Waals surface area contributed by atoms with Gasteiger partial charge < -0.3 is 10.1 Å². The fraction of sp³-hybridized carbons (Fsp3) is 0.222. The molecule has 110 valence electrons. The molecule has 1 heterocycles. The second-order valence-corrected chi connectivity index (χ2v) is 7.14. The van der Waals surface area contributed by atoms with Crippen LogP contribution in [-0.2, 0) is 0 Å². The molecule has 0 unspecified atom stereocenters. The van der Waals surface area contributed by atoms with Gasteiger partial charge in [-0.15, -0.1) is 0 Å². The third-order valence-corrected chi connectivity index (χ3v) is 5.68. The van der Waals surface area contributed by atoms with E-state index in [4.69, 9.17) is 4.74 Å². The first-order valence-electron chi connectivity index (χ1n) is 7.30. The molecular formula is C18H21NOS. The number of fused-ring (bicyclic) bond motifs is 1. The second kappa shape index (κ2) is 6.83. The zero-order valence-corrected chi connectivity index (χ0v) is 13.1. The molecule has 0 saturated carbocycles. The molecule has 0 fully saturated rings. The molecule has 2 nitrogen and oxygen atoms in total. The van der Waals surface area contributed by atoms with Crippen LogP contribution in [0.4, 0.5) is 0 Å². The summed E-state index contributed by atoms with van der Waals surface area (Å²) in [6.07, 6.45) is 5.27. The van der Waals surface area contributed by atoms with Crippen LogP contribution in [0, 0.1) is 0 Å². The Labute approximate surface area is 128 Å². The molecule has 1 aliphatic heterocycles. The molecule has 0 saturated heterocycles. The van der Waals surface area contributed by atoms with Crippen molar-refractivity contribution in [3.05, 3.63) is 65.4 Å². The van der Waals surface area contributed by atoms with Crippen molar-refractivity contribution in [3.63, 3.8) is 0 Å². The number of hydrogen-bond acceptors (Lipinski definition) is 2. The number of ether oxygens (including phenoxy) is 1. The highest BCUT2D eigenvalue weighted by atomic mass is 32.2. The summed E-state index contributed by atoms with van der Waals surface area (Å²) in [5.74, 6) is 0.991. The van der Waals surface area contributed by atoms with Crippen LogP contribution in [0.15, 0.2) is 65.4 Å². The van der Waals surface area contributed by atoms with E-state index >= 15 is 0 Å². The van der Waals surface area contributed by atoms with E-state index in [9.17, 15) is 0 Å². The molecule has 3 heteroatoms. The van der Waals surface area contributed by atoms with E-state index in [1.165, 1.54) is 10.8 Å². The first kappa shape index (κ1) is 14.2. The average molecular weight is 299 g/mol. The van der Waals surface area contributed by atoms with Gasteiger partial charge in [0.05, 0.1) is 0 Å². The quantitative estimate of drug-likeness (QED) is 0.780. The molecule has 0 aromatic heterocycles. The van der Waals surface area contributed by atoms with Crippen LogP contribution in [-0.4, -0.2) is 19.0 Å². The van der Waals surface area contributed by atoms with Crippen LogP contribution < -0.4 is 10.1 Å². The summed E-state index contributed by atoms with van der Waals surface area (Å²) in [7, 11) is 1.67. The molecular weight excluding hydrogens is 278 g/mol. The topological polar surface area (TPSA) is 21.3 Å². The highest BCUT2D eigenvalue weighted by Gasteiger charge is 2.17. The van der Waals surface area contributed by atoms with Crippen molar-refractivity contribution in [1.82, 2.24) is 5.32 Å². The Balaban J connectivity index is 1.86. The Hall–Kier alpha value is -1.71. The van der Waals surface area contributed by atoms with Gasteiger partial charge in [0, 0.05) is 11.8 Å². The van der Waals surface area contributed by atoms with Gasteiger partial charge in [-0.2, -0.15) is 10.9 Å². The van der Waals surface area contributed by atoms with Crippen LogP contribution in [0.3, 0.4) is 0 Å². The van der Waals surface area contributed by atoms with Gasteiger partial charge in [0.15, 0.2) is 0 Å². The largest absolute Gasteiger partial charge is 0.480 e. The first-order chi connectivity index (χ1) is 10.4. The zero-order valence-electron chi connectivity index (χ0n) is 12.2. The third kappa shape index (κ3) is 3.31. The maximum atomic E-state index is 6.40. The van der Waals surface area contributed by atoms with Gasteiger partial charge in [0.25, 0.3) is 0 Å². The van der Waals surface area contributed by atoms with Crippen LogP contribution in [0.25, 0.3) is 10.8 Å². The van der Waals surface area contributed by atoms with Crippen molar-refractivity contribution in [2.45, 2.75) is 11.9 Å². The molecule has 3 rings (SSSR count). The molecule has 0 amide bonds. The van der Waals surface area contributed by atoms with Crippen molar-refractivity contribution in [3.8, 4) is 5.75 Å². The Morgan fingerprint density at radius 1 is 1.05 bits per heavy atom. The van der Waals surface area contributed by atoms with Crippen molar-refractivity contribution in [2.24, 2.45) is 0 Å². The van der Waals surface area contributed by atoms with Crippen molar-refractivity contribution < 1.29 is 4.74 Å². The lowest BCUT2D eigenvalue weighted by Crippen LogP contribution is -2.21. The van der Waals surface area contributed by atoms with E-state index < -0.39 is 0 Å². The van der Waals surface area contributed by atoms with Crippen molar-refractivity contribution in [2.75, 3.05) is 13.6 Å². The minimum atomic E-state index is -0.323. The summed E-state index contributed by atoms with van der Waals surface area (Å²) in [6.45, 7) is 0.968. The lowest BCUT2D eigenvalue weighted by Gasteiger charge is -2.26. The molecule has 2 aromatic rings. The van der Waals surface area contributed by atoms with E-state index in [1.807, 2.05) is 7.05 Å². The Morgan fingerprint density at radius 3 is 2.62 bits per heavy atom. The van der Waals surface area contributed by atoms with Crippen LogP contribution in [0.1, 0.15) is 6.42 Å². The summed E-state index contributed by atoms with van der Waals surface area (Å²) in [6, 6.07) is 14.7. The fourth-order valence-electron chi connectivity index (χ4n) is 2.52. The lowest BCUT2D eigenvalue weighted by molar-refractivity contribution is 0.279. The summed E-state index contributed by atoms with van der Waals surface area (Å²) < 4.78 is 6.40. The number of nitrogens with one attached hydrogen (secondary N) is 1. The second-order valence-electron chi connectivity index (χ2n) is 5.07. The molecule has 21 heavy (non-hydrogen) atoms. The summed E-state index contributed by atoms with van der Waals surface area (Å²) >= 11 is 0. The third-order valence-electron chi connectivity index (χ3n) is 3.61. The Morgan fingerprint density at radius 2 is 1.81 bits per heavy atom. The molecule has 0 spiro atoms. The molecule has 1 aliphatic rings. The maximum absolute atomic E-state index is 6.40. The summed E-state index contributed by atoms with van der Waals surface area (Å²) in [4.78, 5) is 0. The minimum Gasteiger partial charge on any atom is -0.480 e. The predicted octanol–water partition coefficient (Wildman–Crippen LogP) is 4.20. The van der Waals surface area contributed by atoms with E-state index in [1.54, 1.807) is 0 Å². The fourth-order valence-corrected chi connectivity index (χ4v) is 4.26. The number of hydrogen-bond donors (Lipinski definition) is 2.